The fourth-order valence-corrected chi connectivity index (χ4v) is 0.725. The van der Waals surface area contributed by atoms with Gasteiger partial charge in [-0.05, 0) is 0 Å². The lowest BCUT2D eigenvalue weighted by Crippen LogP contribution is -1.84. The summed E-state index contributed by atoms with van der Waals surface area (Å²) in [5, 5.41) is 10.0. The Kier molecular flexibility index (Phi) is 3.87. The number of aromatic nitrogens is 1. The first-order valence-corrected chi connectivity index (χ1v) is 3.82. The van der Waals surface area contributed by atoms with E-state index in [9.17, 15) is 10.1 Å². The van der Waals surface area contributed by atoms with Crippen molar-refractivity contribution in [3.8, 4) is 0 Å². The molecule has 0 N–H and O–H groups in total. The molecule has 0 bridgehead atoms. The van der Waals surface area contributed by atoms with Gasteiger partial charge in [0.25, 0.3) is 5.69 Å². The van der Waals surface area contributed by atoms with Gasteiger partial charge in [-0.1, -0.05) is 18.2 Å². The van der Waals surface area contributed by atoms with Crippen LogP contribution in [0, 0.1) is 10.1 Å². The molecule has 0 fully saturated rings. The van der Waals surface area contributed by atoms with Gasteiger partial charge in [-0.3, -0.25) is 10.1 Å². The molecule has 5 nitrogen and oxygen atoms in total. The Balaban J connectivity index is 0.000000165. The van der Waals surface area contributed by atoms with Crippen molar-refractivity contribution in [1.29, 1.82) is 0 Å². The number of nitro groups is 1. The lowest BCUT2D eigenvalue weighted by molar-refractivity contribution is -0.384. The Morgan fingerprint density at radius 2 is 2.00 bits per heavy atom. The minimum absolute atomic E-state index is 0.137. The summed E-state index contributed by atoms with van der Waals surface area (Å²) in [6, 6.07) is 7.93. The Bertz CT molecular complexity index is 342. The monoisotopic (exact) mass is 192 g/mol. The highest BCUT2D eigenvalue weighted by Crippen LogP contribution is 2.06. The van der Waals surface area contributed by atoms with Gasteiger partial charge in [-0.25, -0.2) is 4.98 Å². The average molecular weight is 192 g/mol. The van der Waals surface area contributed by atoms with Crippen molar-refractivity contribution in [2.24, 2.45) is 0 Å². The predicted molar refractivity (Wildman–Crippen MR) is 49.6 cm³/mol. The molecule has 14 heavy (non-hydrogen) atoms. The quantitative estimate of drug-likeness (QED) is 0.513. The number of benzene rings is 1. The van der Waals surface area contributed by atoms with Gasteiger partial charge in [0.05, 0.1) is 11.1 Å². The average Bonchev–Trinajstić information content (AvgIpc) is 2.77. The molecular formula is C9H8N2O3. The normalized spacial score (nSPS) is 8.57. The molecule has 0 spiro atoms. The molecule has 0 aliphatic heterocycles. The first kappa shape index (κ1) is 9.91. The number of rotatable bonds is 1. The fraction of sp³-hybridized carbons (Fsp3) is 0. The van der Waals surface area contributed by atoms with Crippen LogP contribution >= 0.6 is 0 Å². The summed E-state index contributed by atoms with van der Waals surface area (Å²) < 4.78 is 4.47. The van der Waals surface area contributed by atoms with E-state index in [-0.39, 0.29) is 5.69 Å². The molecule has 1 aromatic heterocycles. The van der Waals surface area contributed by atoms with Crippen LogP contribution in [-0.4, -0.2) is 9.91 Å². The van der Waals surface area contributed by atoms with Crippen molar-refractivity contribution in [2.75, 3.05) is 0 Å². The Morgan fingerprint density at radius 1 is 1.29 bits per heavy atom. The zero-order chi connectivity index (χ0) is 10.2. The summed E-state index contributed by atoms with van der Waals surface area (Å²) in [5.41, 5.74) is 0.137. The van der Waals surface area contributed by atoms with Crippen molar-refractivity contribution >= 4 is 5.69 Å². The summed E-state index contributed by atoms with van der Waals surface area (Å²) >= 11 is 0. The van der Waals surface area contributed by atoms with Crippen LogP contribution in [0.15, 0.2) is 53.6 Å². The van der Waals surface area contributed by atoms with Crippen LogP contribution in [0.5, 0.6) is 0 Å². The second-order valence-electron chi connectivity index (χ2n) is 2.27. The summed E-state index contributed by atoms with van der Waals surface area (Å²) in [7, 11) is 0. The molecule has 0 unspecified atom stereocenters. The standard InChI is InChI=1S/C6H5NO2.C3H3NO/c8-7(9)6-4-2-1-3-5-6;1-2-5-3-4-1/h1-5H;1-3H. The topological polar surface area (TPSA) is 69.2 Å². The molecule has 0 aliphatic carbocycles. The Morgan fingerprint density at radius 3 is 2.29 bits per heavy atom. The van der Waals surface area contributed by atoms with Gasteiger partial charge in [-0.15, -0.1) is 0 Å². The largest absolute Gasteiger partial charge is 0.452 e. The van der Waals surface area contributed by atoms with Crippen molar-refractivity contribution in [1.82, 2.24) is 4.98 Å². The number of para-hydroxylation sites is 1. The zero-order valence-corrected chi connectivity index (χ0v) is 7.24. The lowest BCUT2D eigenvalue weighted by Gasteiger charge is -1.85. The zero-order valence-electron chi connectivity index (χ0n) is 7.24. The molecular weight excluding hydrogens is 184 g/mol. The number of nitro benzene ring substituents is 1. The van der Waals surface area contributed by atoms with Crippen LogP contribution in [0.4, 0.5) is 5.69 Å². The molecule has 2 aromatic rings. The lowest BCUT2D eigenvalue weighted by atomic mass is 10.3. The van der Waals surface area contributed by atoms with Gasteiger partial charge in [-0.2, -0.15) is 0 Å². The molecule has 0 saturated carbocycles. The number of oxazole rings is 1. The van der Waals surface area contributed by atoms with Gasteiger partial charge in [0, 0.05) is 12.1 Å². The third-order valence-corrected chi connectivity index (χ3v) is 1.31. The first-order chi connectivity index (χ1) is 6.80. The van der Waals surface area contributed by atoms with E-state index in [0.29, 0.717) is 0 Å². The highest BCUT2D eigenvalue weighted by Gasteiger charge is 1.98. The maximum absolute atomic E-state index is 10.0. The Labute approximate surface area is 80.2 Å². The smallest absolute Gasteiger partial charge is 0.269 e. The fourth-order valence-electron chi connectivity index (χ4n) is 0.725. The summed E-state index contributed by atoms with van der Waals surface area (Å²) in [4.78, 5) is 13.1. The van der Waals surface area contributed by atoms with Crippen molar-refractivity contribution < 1.29 is 9.34 Å². The van der Waals surface area contributed by atoms with E-state index in [1.165, 1.54) is 24.8 Å². The molecule has 0 aliphatic rings. The summed E-state index contributed by atoms with van der Waals surface area (Å²) in [6.07, 6.45) is 4.47. The third-order valence-electron chi connectivity index (χ3n) is 1.31. The molecule has 0 radical (unpaired) electrons. The van der Waals surface area contributed by atoms with Gasteiger partial charge < -0.3 is 4.42 Å². The van der Waals surface area contributed by atoms with Crippen molar-refractivity contribution in [3.63, 3.8) is 0 Å². The second kappa shape index (κ2) is 5.47. The predicted octanol–water partition coefficient (Wildman–Crippen LogP) is 2.27. The number of non-ortho nitro benzene ring substituents is 1. The van der Waals surface area contributed by atoms with E-state index in [1.54, 1.807) is 24.4 Å². The minimum atomic E-state index is -0.417. The van der Waals surface area contributed by atoms with E-state index < -0.39 is 4.92 Å². The van der Waals surface area contributed by atoms with Crippen molar-refractivity contribution in [2.45, 2.75) is 0 Å². The molecule has 0 amide bonds. The molecule has 5 heteroatoms. The number of nitrogens with zero attached hydrogens (tertiary/aromatic N) is 2. The van der Waals surface area contributed by atoms with Gasteiger partial charge in [0.15, 0.2) is 6.39 Å². The van der Waals surface area contributed by atoms with Gasteiger partial charge >= 0.3 is 0 Å². The van der Waals surface area contributed by atoms with E-state index in [4.69, 9.17) is 0 Å². The number of hydrogen-bond acceptors (Lipinski definition) is 4. The summed E-state index contributed by atoms with van der Waals surface area (Å²) in [5.74, 6) is 0. The van der Waals surface area contributed by atoms with Gasteiger partial charge in [0.2, 0.25) is 0 Å². The van der Waals surface area contributed by atoms with Gasteiger partial charge in [0.1, 0.15) is 6.26 Å². The van der Waals surface area contributed by atoms with Crippen LogP contribution in [0.25, 0.3) is 0 Å². The van der Waals surface area contributed by atoms with E-state index in [1.807, 2.05) is 0 Å². The van der Waals surface area contributed by atoms with E-state index in [0.717, 1.165) is 0 Å². The SMILES string of the molecule is O=[N+]([O-])c1ccccc1.c1cocn1. The molecule has 2 rings (SSSR count). The highest BCUT2D eigenvalue weighted by molar-refractivity contribution is 5.27. The van der Waals surface area contributed by atoms with Crippen molar-refractivity contribution in [3.05, 3.63) is 59.3 Å². The third kappa shape index (κ3) is 3.48. The molecule has 0 saturated heterocycles. The molecule has 1 aromatic carbocycles. The van der Waals surface area contributed by atoms with E-state index >= 15 is 0 Å². The van der Waals surface area contributed by atoms with Crippen LogP contribution in [0.3, 0.4) is 0 Å². The second-order valence-corrected chi connectivity index (χ2v) is 2.27. The molecule has 1 heterocycles. The maximum atomic E-state index is 10.0. The minimum Gasteiger partial charge on any atom is -0.452 e. The highest BCUT2D eigenvalue weighted by atomic mass is 16.6. The van der Waals surface area contributed by atoms with E-state index in [2.05, 4.69) is 9.40 Å². The van der Waals surface area contributed by atoms with Crippen LogP contribution < -0.4 is 0 Å². The molecule has 0 atom stereocenters. The molecule has 72 valence electrons. The van der Waals surface area contributed by atoms with Crippen LogP contribution in [-0.2, 0) is 0 Å². The maximum Gasteiger partial charge on any atom is 0.269 e. The number of hydrogen-bond donors (Lipinski definition) is 0. The summed E-state index contributed by atoms with van der Waals surface area (Å²) in [6.45, 7) is 0. The first-order valence-electron chi connectivity index (χ1n) is 3.82. The Hall–Kier alpha value is -2.17. The van der Waals surface area contributed by atoms with Crippen LogP contribution in [0.1, 0.15) is 0 Å². The van der Waals surface area contributed by atoms with Crippen LogP contribution in [0.2, 0.25) is 0 Å².